The number of para-hydroxylation sites is 2. The Morgan fingerprint density at radius 1 is 1.08 bits per heavy atom. The lowest BCUT2D eigenvalue weighted by molar-refractivity contribution is 0.0691. The number of carboxylic acid groups (broad SMARTS) is 1. The van der Waals surface area contributed by atoms with Gasteiger partial charge in [0, 0.05) is 5.56 Å². The summed E-state index contributed by atoms with van der Waals surface area (Å²) in [6.45, 7) is 0. The zero-order chi connectivity index (χ0) is 17.1. The quantitative estimate of drug-likeness (QED) is 0.776. The highest BCUT2D eigenvalue weighted by Gasteiger charge is 2.23. The second-order valence-corrected chi connectivity index (χ2v) is 4.91. The van der Waals surface area contributed by atoms with Gasteiger partial charge in [0.05, 0.1) is 14.2 Å². The number of hydrogen-bond donors (Lipinski definition) is 1. The Labute approximate surface area is 138 Å². The second kappa shape index (κ2) is 6.41. The second-order valence-electron chi connectivity index (χ2n) is 4.91. The molecule has 0 fully saturated rings. The lowest BCUT2D eigenvalue weighted by atomic mass is 10.1. The standard InChI is InChI=1S/C17H15N3O4/c1-23-12-7-5-6-11(10-12)16-15(17(21)22)18-19-20(16)13-8-3-4-9-14(13)24-2/h3-10H,1-2H3,(H,21,22). The average Bonchev–Trinajstić information content (AvgIpc) is 3.06. The maximum Gasteiger partial charge on any atom is 0.358 e. The average molecular weight is 325 g/mol. The zero-order valence-electron chi connectivity index (χ0n) is 13.1. The molecule has 1 N–H and O–H groups in total. The van der Waals surface area contributed by atoms with E-state index in [1.165, 1.54) is 4.68 Å². The normalized spacial score (nSPS) is 10.4. The molecule has 0 unspecified atom stereocenters. The molecule has 0 amide bonds. The van der Waals surface area contributed by atoms with Gasteiger partial charge < -0.3 is 14.6 Å². The van der Waals surface area contributed by atoms with Crippen LogP contribution < -0.4 is 9.47 Å². The first-order valence-electron chi connectivity index (χ1n) is 7.12. The monoisotopic (exact) mass is 325 g/mol. The number of rotatable bonds is 5. The number of aromatic carboxylic acids is 1. The van der Waals surface area contributed by atoms with Crippen LogP contribution in [0.4, 0.5) is 0 Å². The van der Waals surface area contributed by atoms with Gasteiger partial charge in [0.25, 0.3) is 0 Å². The first-order chi connectivity index (χ1) is 11.7. The summed E-state index contributed by atoms with van der Waals surface area (Å²) >= 11 is 0. The SMILES string of the molecule is COc1cccc(-c2c(C(=O)O)nnn2-c2ccccc2OC)c1. The number of carboxylic acids is 1. The molecule has 0 bridgehead atoms. The van der Waals surface area contributed by atoms with Gasteiger partial charge in [0.15, 0.2) is 5.69 Å². The van der Waals surface area contributed by atoms with E-state index in [0.29, 0.717) is 28.4 Å². The van der Waals surface area contributed by atoms with Gasteiger partial charge in [0.2, 0.25) is 0 Å². The molecule has 0 aliphatic carbocycles. The third-order valence-electron chi connectivity index (χ3n) is 3.53. The maximum atomic E-state index is 11.6. The van der Waals surface area contributed by atoms with Crippen LogP contribution in [0.5, 0.6) is 11.5 Å². The third kappa shape index (κ3) is 2.67. The molecule has 0 radical (unpaired) electrons. The van der Waals surface area contributed by atoms with Gasteiger partial charge >= 0.3 is 5.97 Å². The Hall–Kier alpha value is -3.35. The molecule has 7 nitrogen and oxygen atoms in total. The van der Waals surface area contributed by atoms with E-state index in [1.54, 1.807) is 50.6 Å². The van der Waals surface area contributed by atoms with Crippen LogP contribution in [-0.4, -0.2) is 40.3 Å². The number of nitrogens with zero attached hydrogens (tertiary/aromatic N) is 3. The van der Waals surface area contributed by atoms with Crippen molar-refractivity contribution in [2.75, 3.05) is 14.2 Å². The number of aromatic nitrogens is 3. The molecule has 0 aliphatic heterocycles. The molecule has 0 aliphatic rings. The van der Waals surface area contributed by atoms with E-state index in [9.17, 15) is 9.90 Å². The van der Waals surface area contributed by atoms with E-state index < -0.39 is 5.97 Å². The summed E-state index contributed by atoms with van der Waals surface area (Å²) in [5.74, 6) is 0.00840. The molecule has 0 atom stereocenters. The van der Waals surface area contributed by atoms with E-state index in [2.05, 4.69) is 10.3 Å². The summed E-state index contributed by atoms with van der Waals surface area (Å²) in [5.41, 5.74) is 1.43. The number of ether oxygens (including phenoxy) is 2. The fourth-order valence-corrected chi connectivity index (χ4v) is 2.43. The Kier molecular flexibility index (Phi) is 4.15. The van der Waals surface area contributed by atoms with Crippen molar-refractivity contribution in [1.29, 1.82) is 0 Å². The summed E-state index contributed by atoms with van der Waals surface area (Å²) in [5, 5.41) is 17.3. The van der Waals surface area contributed by atoms with Crippen LogP contribution in [0.2, 0.25) is 0 Å². The maximum absolute atomic E-state index is 11.6. The summed E-state index contributed by atoms with van der Waals surface area (Å²) in [7, 11) is 3.09. The molecule has 0 saturated carbocycles. The number of benzene rings is 2. The molecular weight excluding hydrogens is 310 g/mol. The Balaban J connectivity index is 2.27. The Morgan fingerprint density at radius 3 is 2.58 bits per heavy atom. The van der Waals surface area contributed by atoms with Crippen molar-refractivity contribution in [3.63, 3.8) is 0 Å². The van der Waals surface area contributed by atoms with Crippen LogP contribution in [0.15, 0.2) is 48.5 Å². The van der Waals surface area contributed by atoms with Crippen molar-refractivity contribution >= 4 is 5.97 Å². The largest absolute Gasteiger partial charge is 0.497 e. The van der Waals surface area contributed by atoms with Crippen LogP contribution in [-0.2, 0) is 0 Å². The van der Waals surface area contributed by atoms with Crippen LogP contribution in [0.25, 0.3) is 16.9 Å². The van der Waals surface area contributed by atoms with Crippen molar-refractivity contribution in [1.82, 2.24) is 15.0 Å². The fraction of sp³-hybridized carbons (Fsp3) is 0.118. The third-order valence-corrected chi connectivity index (χ3v) is 3.53. The first kappa shape index (κ1) is 15.5. The molecule has 0 saturated heterocycles. The summed E-state index contributed by atoms with van der Waals surface area (Å²) < 4.78 is 12.0. The highest BCUT2D eigenvalue weighted by Crippen LogP contribution is 2.31. The van der Waals surface area contributed by atoms with Crippen molar-refractivity contribution in [3.05, 3.63) is 54.2 Å². The predicted octanol–water partition coefficient (Wildman–Crippen LogP) is 2.65. The highest BCUT2D eigenvalue weighted by molar-refractivity contribution is 5.93. The molecule has 122 valence electrons. The van der Waals surface area contributed by atoms with Crippen molar-refractivity contribution in [2.45, 2.75) is 0 Å². The van der Waals surface area contributed by atoms with Gasteiger partial charge in [-0.15, -0.1) is 5.10 Å². The van der Waals surface area contributed by atoms with Crippen LogP contribution in [0.1, 0.15) is 10.5 Å². The molecule has 2 aromatic carbocycles. The topological polar surface area (TPSA) is 86.5 Å². The molecule has 3 rings (SSSR count). The van der Waals surface area contributed by atoms with E-state index in [4.69, 9.17) is 9.47 Å². The molecule has 0 spiro atoms. The smallest absolute Gasteiger partial charge is 0.358 e. The van der Waals surface area contributed by atoms with Gasteiger partial charge in [-0.25, -0.2) is 9.48 Å². The number of carbonyl (C=O) groups is 1. The molecular formula is C17H15N3O4. The van der Waals surface area contributed by atoms with E-state index in [-0.39, 0.29) is 5.69 Å². The molecule has 7 heteroatoms. The van der Waals surface area contributed by atoms with E-state index in [0.717, 1.165) is 0 Å². The number of hydrogen-bond acceptors (Lipinski definition) is 5. The van der Waals surface area contributed by atoms with Gasteiger partial charge in [-0.3, -0.25) is 0 Å². The molecule has 24 heavy (non-hydrogen) atoms. The Morgan fingerprint density at radius 2 is 1.88 bits per heavy atom. The molecule has 1 aromatic heterocycles. The fourth-order valence-electron chi connectivity index (χ4n) is 2.43. The van der Waals surface area contributed by atoms with Gasteiger partial charge in [-0.2, -0.15) is 0 Å². The van der Waals surface area contributed by atoms with Gasteiger partial charge in [-0.05, 0) is 24.3 Å². The number of methoxy groups -OCH3 is 2. The van der Waals surface area contributed by atoms with Crippen molar-refractivity contribution in [3.8, 4) is 28.4 Å². The predicted molar refractivity (Wildman–Crippen MR) is 86.9 cm³/mol. The minimum atomic E-state index is -1.16. The minimum Gasteiger partial charge on any atom is -0.497 e. The van der Waals surface area contributed by atoms with Crippen molar-refractivity contribution < 1.29 is 19.4 Å². The van der Waals surface area contributed by atoms with Crippen LogP contribution >= 0.6 is 0 Å². The van der Waals surface area contributed by atoms with E-state index in [1.807, 2.05) is 12.1 Å². The highest BCUT2D eigenvalue weighted by atomic mass is 16.5. The lowest BCUT2D eigenvalue weighted by Gasteiger charge is -2.11. The zero-order valence-corrected chi connectivity index (χ0v) is 13.1. The Bertz CT molecular complexity index is 889. The summed E-state index contributed by atoms with van der Waals surface area (Å²) in [4.78, 5) is 11.6. The van der Waals surface area contributed by atoms with Crippen molar-refractivity contribution in [2.24, 2.45) is 0 Å². The van der Waals surface area contributed by atoms with Crippen LogP contribution in [0, 0.1) is 0 Å². The summed E-state index contributed by atoms with van der Waals surface area (Å²) in [6, 6.07) is 14.3. The van der Waals surface area contributed by atoms with Gasteiger partial charge in [0.1, 0.15) is 22.9 Å². The first-order valence-corrected chi connectivity index (χ1v) is 7.12. The minimum absolute atomic E-state index is 0.144. The van der Waals surface area contributed by atoms with Gasteiger partial charge in [-0.1, -0.05) is 29.5 Å². The lowest BCUT2D eigenvalue weighted by Crippen LogP contribution is -2.04. The molecule has 1 heterocycles. The van der Waals surface area contributed by atoms with E-state index >= 15 is 0 Å². The summed E-state index contributed by atoms with van der Waals surface area (Å²) in [6.07, 6.45) is 0. The molecule has 3 aromatic rings. The van der Waals surface area contributed by atoms with Crippen LogP contribution in [0.3, 0.4) is 0 Å².